The molecule has 0 radical (unpaired) electrons. The van der Waals surface area contributed by atoms with Crippen LogP contribution in [0.1, 0.15) is 52.4 Å². The van der Waals surface area contributed by atoms with Gasteiger partial charge in [0.25, 0.3) is 0 Å². The second-order valence-corrected chi connectivity index (χ2v) is 6.26. The molecule has 0 bridgehead atoms. The highest BCUT2D eigenvalue weighted by molar-refractivity contribution is 5.83. The molecule has 3 N–H and O–H groups in total. The normalized spacial score (nSPS) is 36.8. The number of rotatable bonds is 3. The Morgan fingerprint density at radius 1 is 1.31 bits per heavy atom. The van der Waals surface area contributed by atoms with Crippen LogP contribution in [-0.2, 0) is 4.79 Å². The van der Waals surface area contributed by atoms with Crippen molar-refractivity contribution in [2.75, 3.05) is 6.54 Å². The zero-order chi connectivity index (χ0) is 11.8. The Kier molecular flexibility index (Phi) is 2.99. The van der Waals surface area contributed by atoms with Gasteiger partial charge in [0.15, 0.2) is 0 Å². The average Bonchev–Trinajstić information content (AvgIpc) is 2.54. The van der Waals surface area contributed by atoms with Gasteiger partial charge in [-0.25, -0.2) is 0 Å². The van der Waals surface area contributed by atoms with Crippen LogP contribution in [0.4, 0.5) is 0 Å². The number of carbonyl (C=O) groups is 1. The Hall–Kier alpha value is -0.570. The van der Waals surface area contributed by atoms with Crippen LogP contribution in [0.25, 0.3) is 0 Å². The molecular formula is C13H24N2O. The lowest BCUT2D eigenvalue weighted by atomic mass is 9.70. The van der Waals surface area contributed by atoms with E-state index in [1.165, 1.54) is 19.3 Å². The Bertz CT molecular complexity index is 286. The van der Waals surface area contributed by atoms with E-state index in [-0.39, 0.29) is 17.4 Å². The van der Waals surface area contributed by atoms with Crippen molar-refractivity contribution in [3.63, 3.8) is 0 Å². The summed E-state index contributed by atoms with van der Waals surface area (Å²) < 4.78 is 0. The van der Waals surface area contributed by atoms with Crippen molar-refractivity contribution in [3.8, 4) is 0 Å². The number of hydrogen-bond acceptors (Lipinski definition) is 2. The molecule has 0 aromatic carbocycles. The number of nitrogens with two attached hydrogens (primary N) is 1. The summed E-state index contributed by atoms with van der Waals surface area (Å²) in [5.41, 5.74) is 6.08. The molecule has 0 spiro atoms. The molecule has 0 aromatic rings. The molecule has 16 heavy (non-hydrogen) atoms. The van der Waals surface area contributed by atoms with E-state index < -0.39 is 0 Å². The third kappa shape index (κ3) is 1.97. The number of hydrogen-bond donors (Lipinski definition) is 2. The summed E-state index contributed by atoms with van der Waals surface area (Å²) in [5.74, 6) is 0.172. The average molecular weight is 224 g/mol. The molecule has 2 aliphatic rings. The predicted molar refractivity (Wildman–Crippen MR) is 64.9 cm³/mol. The Balaban J connectivity index is 1.87. The van der Waals surface area contributed by atoms with Gasteiger partial charge in [-0.15, -0.1) is 0 Å². The molecule has 3 nitrogen and oxygen atoms in total. The van der Waals surface area contributed by atoms with E-state index >= 15 is 0 Å². The molecule has 2 rings (SSSR count). The first kappa shape index (κ1) is 11.9. The number of amides is 1. The minimum atomic E-state index is -0.319. The van der Waals surface area contributed by atoms with Crippen molar-refractivity contribution in [1.29, 1.82) is 0 Å². The van der Waals surface area contributed by atoms with Gasteiger partial charge in [0.1, 0.15) is 0 Å². The zero-order valence-electron chi connectivity index (χ0n) is 10.5. The second-order valence-electron chi connectivity index (χ2n) is 6.26. The number of carbonyl (C=O) groups excluding carboxylic acids is 1. The Labute approximate surface area is 98.2 Å². The van der Waals surface area contributed by atoms with Crippen molar-refractivity contribution >= 4 is 5.91 Å². The first-order valence-electron chi connectivity index (χ1n) is 6.50. The molecule has 2 atom stereocenters. The van der Waals surface area contributed by atoms with Crippen LogP contribution in [0.15, 0.2) is 0 Å². The van der Waals surface area contributed by atoms with E-state index in [2.05, 4.69) is 12.2 Å². The summed E-state index contributed by atoms with van der Waals surface area (Å²) in [6, 6.07) is 0.0432. The van der Waals surface area contributed by atoms with Crippen LogP contribution in [0, 0.1) is 10.8 Å². The summed E-state index contributed by atoms with van der Waals surface area (Å²) in [6.45, 7) is 5.10. The van der Waals surface area contributed by atoms with Crippen molar-refractivity contribution in [1.82, 2.24) is 5.32 Å². The lowest BCUT2D eigenvalue weighted by molar-refractivity contribution is -0.131. The first-order valence-corrected chi connectivity index (χ1v) is 6.50. The number of nitrogens with one attached hydrogen (secondary N) is 1. The molecule has 2 saturated carbocycles. The summed E-state index contributed by atoms with van der Waals surface area (Å²) in [7, 11) is 0. The van der Waals surface area contributed by atoms with Gasteiger partial charge >= 0.3 is 0 Å². The third-order valence-corrected chi connectivity index (χ3v) is 4.78. The molecular weight excluding hydrogens is 200 g/mol. The van der Waals surface area contributed by atoms with Gasteiger partial charge in [-0.05, 0) is 38.0 Å². The minimum absolute atomic E-state index is 0.0432. The predicted octanol–water partition coefficient (Wildman–Crippen LogP) is 1.81. The van der Waals surface area contributed by atoms with E-state index in [4.69, 9.17) is 5.73 Å². The first-order chi connectivity index (χ1) is 7.46. The summed E-state index contributed by atoms with van der Waals surface area (Å²) in [5, 5.41) is 3.12. The van der Waals surface area contributed by atoms with Crippen molar-refractivity contribution < 1.29 is 4.79 Å². The maximum atomic E-state index is 12.2. The largest absolute Gasteiger partial charge is 0.355 e. The standard InChI is InChI=1S/C13H24N2O/c1-12(6-4-7-12)9-15-11(16)13(2)8-3-5-10(13)14/h10H,3-9,14H2,1-2H3,(H,15,16). The van der Waals surface area contributed by atoms with E-state index in [9.17, 15) is 4.79 Å². The monoisotopic (exact) mass is 224 g/mol. The fourth-order valence-electron chi connectivity index (χ4n) is 2.93. The van der Waals surface area contributed by atoms with E-state index in [0.717, 1.165) is 25.8 Å². The van der Waals surface area contributed by atoms with Crippen molar-refractivity contribution in [2.45, 2.75) is 58.4 Å². The molecule has 1 amide bonds. The minimum Gasteiger partial charge on any atom is -0.355 e. The molecule has 0 saturated heterocycles. The zero-order valence-corrected chi connectivity index (χ0v) is 10.5. The van der Waals surface area contributed by atoms with Crippen LogP contribution in [0.5, 0.6) is 0 Å². The van der Waals surface area contributed by atoms with Crippen LogP contribution < -0.4 is 11.1 Å². The SMILES string of the molecule is CC1(CNC(=O)C2(C)CCCC2N)CCC1. The third-order valence-electron chi connectivity index (χ3n) is 4.78. The van der Waals surface area contributed by atoms with Gasteiger partial charge in [0, 0.05) is 12.6 Å². The Morgan fingerprint density at radius 2 is 2.00 bits per heavy atom. The lowest BCUT2D eigenvalue weighted by Gasteiger charge is -2.39. The molecule has 0 heterocycles. The maximum absolute atomic E-state index is 12.2. The van der Waals surface area contributed by atoms with Gasteiger partial charge in [0.2, 0.25) is 5.91 Å². The molecule has 2 aliphatic carbocycles. The van der Waals surface area contributed by atoms with Gasteiger partial charge < -0.3 is 11.1 Å². The fourth-order valence-corrected chi connectivity index (χ4v) is 2.93. The van der Waals surface area contributed by atoms with Crippen LogP contribution in [0.2, 0.25) is 0 Å². The topological polar surface area (TPSA) is 55.1 Å². The molecule has 0 aromatic heterocycles. The highest BCUT2D eigenvalue weighted by Crippen LogP contribution is 2.40. The molecule has 2 unspecified atom stereocenters. The van der Waals surface area contributed by atoms with Crippen molar-refractivity contribution in [3.05, 3.63) is 0 Å². The maximum Gasteiger partial charge on any atom is 0.227 e. The van der Waals surface area contributed by atoms with E-state index in [0.29, 0.717) is 5.41 Å². The molecule has 0 aliphatic heterocycles. The molecule has 92 valence electrons. The highest BCUT2D eigenvalue weighted by atomic mass is 16.2. The van der Waals surface area contributed by atoms with E-state index in [1.807, 2.05) is 6.92 Å². The summed E-state index contributed by atoms with van der Waals surface area (Å²) in [4.78, 5) is 12.2. The summed E-state index contributed by atoms with van der Waals surface area (Å²) in [6.07, 6.45) is 6.81. The van der Waals surface area contributed by atoms with Gasteiger partial charge in [-0.2, -0.15) is 0 Å². The van der Waals surface area contributed by atoms with Crippen molar-refractivity contribution in [2.24, 2.45) is 16.6 Å². The highest BCUT2D eigenvalue weighted by Gasteiger charge is 2.43. The van der Waals surface area contributed by atoms with Gasteiger partial charge in [-0.3, -0.25) is 4.79 Å². The quantitative estimate of drug-likeness (QED) is 0.768. The smallest absolute Gasteiger partial charge is 0.227 e. The van der Waals surface area contributed by atoms with E-state index in [1.54, 1.807) is 0 Å². The van der Waals surface area contributed by atoms with Crippen LogP contribution in [-0.4, -0.2) is 18.5 Å². The summed E-state index contributed by atoms with van der Waals surface area (Å²) >= 11 is 0. The fraction of sp³-hybridized carbons (Fsp3) is 0.923. The molecule has 2 fully saturated rings. The van der Waals surface area contributed by atoms with Gasteiger partial charge in [-0.1, -0.05) is 19.8 Å². The second kappa shape index (κ2) is 4.02. The van der Waals surface area contributed by atoms with Gasteiger partial charge in [0.05, 0.1) is 5.41 Å². The van der Waals surface area contributed by atoms with Crippen LogP contribution in [0.3, 0.4) is 0 Å². The van der Waals surface area contributed by atoms with Crippen LogP contribution >= 0.6 is 0 Å². The molecule has 3 heteroatoms. The lowest BCUT2D eigenvalue weighted by Crippen LogP contribution is -2.50. The Morgan fingerprint density at radius 3 is 2.44 bits per heavy atom.